The topological polar surface area (TPSA) is 12.4 Å². The van der Waals surface area contributed by atoms with E-state index >= 15 is 0 Å². The van der Waals surface area contributed by atoms with Gasteiger partial charge in [-0.15, -0.1) is 0 Å². The largest absolute Gasteiger partial charge is 0.292 e. The van der Waals surface area contributed by atoms with Gasteiger partial charge in [0.25, 0.3) is 0 Å². The monoisotopic (exact) mass is 299 g/mol. The van der Waals surface area contributed by atoms with Crippen LogP contribution in [0, 0.1) is 29.1 Å². The Labute approximate surface area is 117 Å². The van der Waals surface area contributed by atoms with Crippen LogP contribution in [-0.2, 0) is 6.42 Å². The highest BCUT2D eigenvalue weighted by molar-refractivity contribution is 5.80. The molecule has 0 atom stereocenters. The van der Waals surface area contributed by atoms with E-state index in [2.05, 4.69) is 4.99 Å². The molecule has 0 N–H and O–H groups in total. The van der Waals surface area contributed by atoms with Crippen molar-refractivity contribution < 1.29 is 22.0 Å². The highest BCUT2D eigenvalue weighted by Gasteiger charge is 2.24. The summed E-state index contributed by atoms with van der Waals surface area (Å²) in [5.41, 5.74) is -0.0773. The second kappa shape index (κ2) is 6.47. The number of nitrogens with zero attached hydrogens (tertiary/aromatic N) is 1. The lowest BCUT2D eigenvalue weighted by Gasteiger charge is -2.03. The maximum Gasteiger partial charge on any atom is 0.200 e. The Hall–Kier alpha value is -2.24. The van der Waals surface area contributed by atoms with Gasteiger partial charge in [0.2, 0.25) is 5.82 Å². The second-order valence-electron chi connectivity index (χ2n) is 4.25. The Kier molecular flexibility index (Phi) is 4.67. The van der Waals surface area contributed by atoms with Gasteiger partial charge in [0.1, 0.15) is 0 Å². The van der Waals surface area contributed by atoms with Crippen LogP contribution >= 0.6 is 0 Å². The van der Waals surface area contributed by atoms with E-state index in [4.69, 9.17) is 0 Å². The number of hydrogen-bond donors (Lipinski definition) is 0. The minimum Gasteiger partial charge on any atom is -0.292 e. The fourth-order valence-corrected chi connectivity index (χ4v) is 1.73. The van der Waals surface area contributed by atoms with E-state index in [1.54, 1.807) is 0 Å². The summed E-state index contributed by atoms with van der Waals surface area (Å²) in [6.45, 7) is 0.170. The maximum absolute atomic E-state index is 13.3. The molecule has 1 nitrogen and oxygen atoms in total. The molecule has 0 aliphatic heterocycles. The third-order valence-electron chi connectivity index (χ3n) is 2.84. The molecule has 0 saturated heterocycles. The normalized spacial score (nSPS) is 11.3. The minimum absolute atomic E-state index is 0.170. The summed E-state index contributed by atoms with van der Waals surface area (Å²) >= 11 is 0. The summed E-state index contributed by atoms with van der Waals surface area (Å²) in [5, 5.41) is 0. The Bertz CT molecular complexity index is 639. The van der Waals surface area contributed by atoms with Crippen LogP contribution in [0.1, 0.15) is 11.1 Å². The summed E-state index contributed by atoms with van der Waals surface area (Å²) in [4.78, 5) is 3.71. The first kappa shape index (κ1) is 15.2. The number of halogens is 5. The summed E-state index contributed by atoms with van der Waals surface area (Å²) in [7, 11) is 0. The van der Waals surface area contributed by atoms with Gasteiger partial charge < -0.3 is 0 Å². The molecular formula is C15H10F5N. The fraction of sp³-hybridized carbons (Fsp3) is 0.133. The van der Waals surface area contributed by atoms with Gasteiger partial charge in [0, 0.05) is 12.8 Å². The zero-order valence-corrected chi connectivity index (χ0v) is 10.7. The zero-order chi connectivity index (χ0) is 15.4. The van der Waals surface area contributed by atoms with E-state index in [1.807, 2.05) is 30.3 Å². The highest BCUT2D eigenvalue weighted by Crippen LogP contribution is 2.21. The first-order valence-corrected chi connectivity index (χ1v) is 6.07. The van der Waals surface area contributed by atoms with Gasteiger partial charge in [0.05, 0.1) is 5.56 Å². The molecule has 0 heterocycles. The van der Waals surface area contributed by atoms with Crippen molar-refractivity contribution in [2.45, 2.75) is 6.42 Å². The second-order valence-corrected chi connectivity index (χ2v) is 4.25. The third kappa shape index (κ3) is 3.26. The van der Waals surface area contributed by atoms with Crippen molar-refractivity contribution in [1.29, 1.82) is 0 Å². The van der Waals surface area contributed by atoms with Crippen molar-refractivity contribution in [3.05, 3.63) is 70.5 Å². The van der Waals surface area contributed by atoms with Crippen LogP contribution in [0.4, 0.5) is 22.0 Å². The molecule has 0 spiro atoms. The van der Waals surface area contributed by atoms with E-state index in [0.717, 1.165) is 5.56 Å². The van der Waals surface area contributed by atoms with Crippen molar-refractivity contribution >= 4 is 6.21 Å². The van der Waals surface area contributed by atoms with Crippen molar-refractivity contribution in [3.8, 4) is 0 Å². The fourth-order valence-electron chi connectivity index (χ4n) is 1.73. The Morgan fingerprint density at radius 2 is 1.29 bits per heavy atom. The van der Waals surface area contributed by atoms with E-state index in [-0.39, 0.29) is 6.54 Å². The molecule has 0 aliphatic rings. The van der Waals surface area contributed by atoms with Crippen LogP contribution in [0.3, 0.4) is 0 Å². The molecule has 21 heavy (non-hydrogen) atoms. The van der Waals surface area contributed by atoms with Crippen LogP contribution in [0.25, 0.3) is 0 Å². The van der Waals surface area contributed by atoms with Crippen molar-refractivity contribution in [2.75, 3.05) is 6.54 Å². The molecule has 2 aromatic rings. The number of aliphatic imine (C=N–C) groups is 1. The molecule has 0 fully saturated rings. The lowest BCUT2D eigenvalue weighted by Crippen LogP contribution is -2.06. The van der Waals surface area contributed by atoms with Crippen molar-refractivity contribution in [1.82, 2.24) is 0 Å². The molecule has 0 aliphatic carbocycles. The summed E-state index contributed by atoms with van der Waals surface area (Å²) < 4.78 is 65.4. The predicted molar refractivity (Wildman–Crippen MR) is 68.8 cm³/mol. The van der Waals surface area contributed by atoms with Gasteiger partial charge >= 0.3 is 0 Å². The molecule has 0 amide bonds. The molecule has 0 radical (unpaired) electrons. The van der Waals surface area contributed by atoms with Crippen molar-refractivity contribution in [2.24, 2.45) is 4.99 Å². The van der Waals surface area contributed by atoms with Gasteiger partial charge in [-0.1, -0.05) is 30.3 Å². The smallest absolute Gasteiger partial charge is 0.200 e. The number of benzene rings is 2. The molecule has 2 rings (SSSR count). The van der Waals surface area contributed by atoms with E-state index in [0.29, 0.717) is 12.6 Å². The minimum atomic E-state index is -2.17. The van der Waals surface area contributed by atoms with Crippen LogP contribution in [0.5, 0.6) is 0 Å². The molecule has 110 valence electrons. The zero-order valence-electron chi connectivity index (χ0n) is 10.7. The summed E-state index contributed by atoms with van der Waals surface area (Å²) in [5.74, 6) is -9.88. The number of rotatable bonds is 4. The molecule has 0 unspecified atom stereocenters. The SMILES string of the molecule is Fc1c(F)c(F)c(C=NCCc2ccccc2)c(F)c1F. The maximum atomic E-state index is 13.3. The van der Waals surface area contributed by atoms with Gasteiger partial charge in [-0.05, 0) is 12.0 Å². The molecule has 0 aromatic heterocycles. The molecule has 0 saturated carbocycles. The third-order valence-corrected chi connectivity index (χ3v) is 2.84. The summed E-state index contributed by atoms with van der Waals surface area (Å²) in [6.07, 6.45) is 1.16. The number of hydrogen-bond acceptors (Lipinski definition) is 1. The van der Waals surface area contributed by atoms with Crippen LogP contribution in [0.15, 0.2) is 35.3 Å². The van der Waals surface area contributed by atoms with Crippen LogP contribution < -0.4 is 0 Å². The molecule has 0 bridgehead atoms. The van der Waals surface area contributed by atoms with E-state index < -0.39 is 34.6 Å². The lowest BCUT2D eigenvalue weighted by molar-refractivity contribution is 0.377. The van der Waals surface area contributed by atoms with Gasteiger partial charge in [0.15, 0.2) is 23.3 Å². The predicted octanol–water partition coefficient (Wildman–Crippen LogP) is 4.04. The quantitative estimate of drug-likeness (QED) is 0.350. The highest BCUT2D eigenvalue weighted by atomic mass is 19.2. The Morgan fingerprint density at radius 3 is 1.86 bits per heavy atom. The summed E-state index contributed by atoms with van der Waals surface area (Å²) in [6, 6.07) is 9.16. The van der Waals surface area contributed by atoms with Crippen molar-refractivity contribution in [3.63, 3.8) is 0 Å². The van der Waals surface area contributed by atoms with Gasteiger partial charge in [-0.25, -0.2) is 22.0 Å². The van der Waals surface area contributed by atoms with Crippen LogP contribution in [-0.4, -0.2) is 12.8 Å². The first-order chi connectivity index (χ1) is 10.0. The molecule has 6 heteroatoms. The Morgan fingerprint density at radius 1 is 0.762 bits per heavy atom. The standard InChI is InChI=1S/C15H10F5N/c16-11-10(12(17)14(19)15(20)13(11)18)8-21-7-6-9-4-2-1-3-5-9/h1-5,8H,6-7H2. The molecule has 2 aromatic carbocycles. The van der Waals surface area contributed by atoms with E-state index in [1.165, 1.54) is 0 Å². The van der Waals surface area contributed by atoms with Crippen LogP contribution in [0.2, 0.25) is 0 Å². The van der Waals surface area contributed by atoms with Gasteiger partial charge in [-0.2, -0.15) is 0 Å². The molecular weight excluding hydrogens is 289 g/mol. The first-order valence-electron chi connectivity index (χ1n) is 6.07. The average molecular weight is 299 g/mol. The van der Waals surface area contributed by atoms with E-state index in [9.17, 15) is 22.0 Å². The van der Waals surface area contributed by atoms with Gasteiger partial charge in [-0.3, -0.25) is 4.99 Å². The Balaban J connectivity index is 2.15. The average Bonchev–Trinajstić information content (AvgIpc) is 2.51. The lowest BCUT2D eigenvalue weighted by atomic mass is 10.1.